The highest BCUT2D eigenvalue weighted by Gasteiger charge is 2.26. The maximum absolute atomic E-state index is 13.8. The van der Waals surface area contributed by atoms with Gasteiger partial charge < -0.3 is 0 Å². The van der Waals surface area contributed by atoms with Gasteiger partial charge >= 0.3 is 0 Å². The highest BCUT2D eigenvalue weighted by molar-refractivity contribution is 7.89. The van der Waals surface area contributed by atoms with Crippen LogP contribution in [0.4, 0.5) is 5.13 Å². The molecule has 4 aromatic rings. The molecule has 2 heterocycles. The number of amides is 1. The molecule has 0 atom stereocenters. The number of hydrogen-bond donors (Lipinski definition) is 0. The number of anilines is 1. The van der Waals surface area contributed by atoms with E-state index in [1.165, 1.54) is 35.6 Å². The fourth-order valence-electron chi connectivity index (χ4n) is 4.14. The molecule has 9 nitrogen and oxygen atoms in total. The van der Waals surface area contributed by atoms with E-state index in [9.17, 15) is 13.2 Å². The van der Waals surface area contributed by atoms with Crippen LogP contribution in [0.1, 0.15) is 40.0 Å². The molecule has 0 bridgehead atoms. The van der Waals surface area contributed by atoms with E-state index in [1.54, 1.807) is 17.2 Å². The van der Waals surface area contributed by atoms with Crippen LogP contribution in [-0.4, -0.2) is 41.7 Å². The van der Waals surface area contributed by atoms with Crippen molar-refractivity contribution in [1.82, 2.24) is 14.3 Å². The van der Waals surface area contributed by atoms with Gasteiger partial charge in [-0.3, -0.25) is 14.7 Å². The van der Waals surface area contributed by atoms with Crippen molar-refractivity contribution in [3.8, 4) is 12.1 Å². The zero-order valence-electron chi connectivity index (χ0n) is 21.5. The number of thiazole rings is 1. The number of aromatic nitrogens is 2. The first kappa shape index (κ1) is 27.9. The van der Waals surface area contributed by atoms with Gasteiger partial charge in [-0.05, 0) is 67.4 Å². The maximum atomic E-state index is 13.8. The largest absolute Gasteiger partial charge is 0.278 e. The van der Waals surface area contributed by atoms with Crippen LogP contribution in [0.5, 0.6) is 0 Å². The molecule has 1 amide bonds. The number of aryl methyl sites for hydroxylation is 2. The lowest BCUT2D eigenvalue weighted by molar-refractivity contribution is 0.0984. The first-order valence-electron chi connectivity index (χ1n) is 12.2. The number of fused-ring (bicyclic) bond motifs is 1. The van der Waals surface area contributed by atoms with Crippen LogP contribution in [0.25, 0.3) is 10.2 Å². The van der Waals surface area contributed by atoms with Gasteiger partial charge in [0.15, 0.2) is 5.13 Å². The number of rotatable bonds is 10. The van der Waals surface area contributed by atoms with E-state index in [0.29, 0.717) is 10.8 Å². The molecule has 0 aliphatic carbocycles. The van der Waals surface area contributed by atoms with Crippen LogP contribution in [0, 0.1) is 36.5 Å². The summed E-state index contributed by atoms with van der Waals surface area (Å²) < 4.78 is 28.5. The summed E-state index contributed by atoms with van der Waals surface area (Å²) in [6, 6.07) is 19.1. The van der Waals surface area contributed by atoms with E-state index < -0.39 is 10.0 Å². The van der Waals surface area contributed by atoms with Crippen molar-refractivity contribution >= 4 is 42.6 Å². The van der Waals surface area contributed by atoms with Gasteiger partial charge in [0, 0.05) is 37.7 Å². The molecule has 2 aromatic heterocycles. The summed E-state index contributed by atoms with van der Waals surface area (Å²) in [4.78, 5) is 24.5. The molecule has 198 valence electrons. The summed E-state index contributed by atoms with van der Waals surface area (Å²) in [6.45, 7) is 4.16. The fraction of sp³-hybridized carbons (Fsp3) is 0.250. The molecule has 4 rings (SSSR count). The predicted octanol–water partition coefficient (Wildman–Crippen LogP) is 4.97. The third-order valence-corrected chi connectivity index (χ3v) is 9.16. The number of sulfonamides is 1. The molecule has 0 N–H and O–H groups in total. The van der Waals surface area contributed by atoms with Crippen LogP contribution in [0.2, 0.25) is 0 Å². The summed E-state index contributed by atoms with van der Waals surface area (Å²) in [5.74, 6) is -0.344. The molecular weight excluding hydrogens is 532 g/mol. The van der Waals surface area contributed by atoms with Gasteiger partial charge in [-0.15, -0.1) is 0 Å². The van der Waals surface area contributed by atoms with Crippen LogP contribution < -0.4 is 4.90 Å². The van der Waals surface area contributed by atoms with E-state index in [1.807, 2.05) is 44.2 Å². The monoisotopic (exact) mass is 558 g/mol. The molecule has 0 fully saturated rings. The van der Waals surface area contributed by atoms with E-state index in [-0.39, 0.29) is 48.8 Å². The van der Waals surface area contributed by atoms with Crippen LogP contribution in [0.15, 0.2) is 65.7 Å². The molecule has 0 spiro atoms. The van der Waals surface area contributed by atoms with E-state index >= 15 is 0 Å². The normalized spacial score (nSPS) is 11.3. The van der Waals surface area contributed by atoms with Crippen molar-refractivity contribution in [2.45, 2.75) is 38.1 Å². The lowest BCUT2D eigenvalue weighted by Crippen LogP contribution is -2.33. The summed E-state index contributed by atoms with van der Waals surface area (Å²) in [7, 11) is -3.95. The number of pyridine rings is 1. The molecule has 0 saturated heterocycles. The quantitative estimate of drug-likeness (QED) is 0.268. The van der Waals surface area contributed by atoms with Crippen molar-refractivity contribution in [2.24, 2.45) is 0 Å². The number of benzene rings is 2. The molecule has 0 radical (unpaired) electrons. The average Bonchev–Trinajstić information content (AvgIpc) is 3.36. The lowest BCUT2D eigenvalue weighted by atomic mass is 10.1. The maximum Gasteiger partial charge on any atom is 0.260 e. The zero-order chi connectivity index (χ0) is 28.0. The second kappa shape index (κ2) is 12.1. The predicted molar refractivity (Wildman–Crippen MR) is 150 cm³/mol. The van der Waals surface area contributed by atoms with Gasteiger partial charge in [-0.1, -0.05) is 23.5 Å². The fourth-order valence-corrected chi connectivity index (χ4v) is 6.59. The van der Waals surface area contributed by atoms with Crippen molar-refractivity contribution in [1.29, 1.82) is 10.5 Å². The average molecular weight is 559 g/mol. The highest BCUT2D eigenvalue weighted by Crippen LogP contribution is 2.33. The van der Waals surface area contributed by atoms with Gasteiger partial charge in [0.25, 0.3) is 5.91 Å². The molecule has 2 aromatic carbocycles. The van der Waals surface area contributed by atoms with E-state index in [2.05, 4.69) is 11.1 Å². The third kappa shape index (κ3) is 6.29. The van der Waals surface area contributed by atoms with Gasteiger partial charge in [0.2, 0.25) is 10.0 Å². The lowest BCUT2D eigenvalue weighted by Gasteiger charge is -2.21. The Morgan fingerprint density at radius 2 is 1.69 bits per heavy atom. The molecule has 0 unspecified atom stereocenters. The number of carbonyl (C=O) groups is 1. The van der Waals surface area contributed by atoms with Gasteiger partial charge in [-0.25, -0.2) is 13.4 Å². The van der Waals surface area contributed by atoms with Crippen molar-refractivity contribution in [2.75, 3.05) is 18.0 Å². The minimum Gasteiger partial charge on any atom is -0.278 e. The third-order valence-electron chi connectivity index (χ3n) is 6.02. The van der Waals surface area contributed by atoms with Crippen molar-refractivity contribution in [3.05, 3.63) is 83.2 Å². The van der Waals surface area contributed by atoms with E-state index in [0.717, 1.165) is 25.6 Å². The Morgan fingerprint density at radius 1 is 1.00 bits per heavy atom. The first-order valence-corrected chi connectivity index (χ1v) is 14.4. The molecule has 0 aliphatic rings. The SMILES string of the molecule is Cc1cc(C)c2sc(N(Cc3ccccn3)C(=O)c3ccc(S(=O)(=O)N(CCC#N)CCC#N)cc3)nc2c1. The zero-order valence-corrected chi connectivity index (χ0v) is 23.2. The number of hydrogen-bond acceptors (Lipinski definition) is 8. The standard InChI is InChI=1S/C28H26N6O3S2/c1-20-17-21(2)26-25(18-20)32-28(38-26)34(19-23-7-3-4-14-31-23)27(35)22-8-10-24(11-9-22)39(36,37)33(15-5-12-29)16-6-13-30/h3-4,7-11,14,17-18H,5-6,15-16,19H2,1-2H3. The van der Waals surface area contributed by atoms with Crippen LogP contribution >= 0.6 is 11.3 Å². The number of carbonyl (C=O) groups excluding carboxylic acids is 1. The Bertz CT molecular complexity index is 1650. The smallest absolute Gasteiger partial charge is 0.260 e. The Kier molecular flexibility index (Phi) is 8.67. The summed E-state index contributed by atoms with van der Waals surface area (Å²) in [6.07, 6.45) is 1.67. The Balaban J connectivity index is 1.68. The molecule has 39 heavy (non-hydrogen) atoms. The van der Waals surface area contributed by atoms with Gasteiger partial charge in [0.05, 0.1) is 39.5 Å². The van der Waals surface area contributed by atoms with Crippen LogP contribution in [0.3, 0.4) is 0 Å². The summed E-state index contributed by atoms with van der Waals surface area (Å²) in [5.41, 5.74) is 3.93. The molecule has 11 heteroatoms. The highest BCUT2D eigenvalue weighted by atomic mass is 32.2. The second-order valence-electron chi connectivity index (χ2n) is 8.88. The minimum atomic E-state index is -3.95. The van der Waals surface area contributed by atoms with E-state index in [4.69, 9.17) is 15.5 Å². The summed E-state index contributed by atoms with van der Waals surface area (Å²) in [5, 5.41) is 18.3. The van der Waals surface area contributed by atoms with Crippen molar-refractivity contribution in [3.63, 3.8) is 0 Å². The van der Waals surface area contributed by atoms with Gasteiger partial charge in [0.1, 0.15) is 0 Å². The Morgan fingerprint density at radius 3 is 2.31 bits per heavy atom. The van der Waals surface area contributed by atoms with Gasteiger partial charge in [-0.2, -0.15) is 14.8 Å². The topological polar surface area (TPSA) is 131 Å². The molecule has 0 saturated carbocycles. The van der Waals surface area contributed by atoms with Crippen LogP contribution in [-0.2, 0) is 16.6 Å². The number of nitrogens with zero attached hydrogens (tertiary/aromatic N) is 6. The minimum absolute atomic E-state index is 0.00484. The Hall–Kier alpha value is -4.16. The molecule has 0 aliphatic heterocycles. The second-order valence-corrected chi connectivity index (χ2v) is 11.8. The van der Waals surface area contributed by atoms with Crippen molar-refractivity contribution < 1.29 is 13.2 Å². The summed E-state index contributed by atoms with van der Waals surface area (Å²) >= 11 is 1.42. The number of nitriles is 2. The first-order chi connectivity index (χ1) is 18.7. The Labute approximate surface area is 231 Å². The molecular formula is C28H26N6O3S2.